The summed E-state index contributed by atoms with van der Waals surface area (Å²) in [7, 11) is 4.96. The first-order chi connectivity index (χ1) is 10.5. The number of benzene rings is 2. The topological polar surface area (TPSA) is 59.8 Å². The van der Waals surface area contributed by atoms with Gasteiger partial charge in [-0.2, -0.15) is 0 Å². The van der Waals surface area contributed by atoms with E-state index in [9.17, 15) is 9.59 Å². The second kappa shape index (κ2) is 5.18. The van der Waals surface area contributed by atoms with E-state index in [4.69, 9.17) is 9.15 Å². The minimum Gasteiger partial charge on any atom is -0.465 e. The number of ether oxygens (including phenoxy) is 1. The predicted octanol–water partition coefficient (Wildman–Crippen LogP) is 2.80. The molecular formula is C17H15NO4. The number of rotatable bonds is 2. The third-order valence-corrected chi connectivity index (χ3v) is 3.56. The number of fused-ring (bicyclic) bond motifs is 3. The molecule has 0 spiro atoms. The normalized spacial score (nSPS) is 10.9. The molecule has 0 fully saturated rings. The number of anilines is 1. The van der Waals surface area contributed by atoms with E-state index in [-0.39, 0.29) is 5.43 Å². The minimum atomic E-state index is -0.406. The molecule has 0 amide bonds. The van der Waals surface area contributed by atoms with E-state index in [0.29, 0.717) is 22.4 Å². The zero-order valence-electron chi connectivity index (χ0n) is 12.5. The summed E-state index contributed by atoms with van der Waals surface area (Å²) >= 11 is 0. The van der Waals surface area contributed by atoms with Crippen LogP contribution in [0, 0.1) is 0 Å². The van der Waals surface area contributed by atoms with Crippen LogP contribution in [0.5, 0.6) is 0 Å². The van der Waals surface area contributed by atoms with Gasteiger partial charge in [0.1, 0.15) is 5.58 Å². The summed E-state index contributed by atoms with van der Waals surface area (Å²) in [4.78, 5) is 25.8. The summed E-state index contributed by atoms with van der Waals surface area (Å²) in [5.74, 6) is 0.0972. The monoisotopic (exact) mass is 297 g/mol. The third-order valence-electron chi connectivity index (χ3n) is 3.56. The second-order valence-electron chi connectivity index (χ2n) is 5.21. The molecule has 5 heteroatoms. The highest BCUT2D eigenvalue weighted by atomic mass is 16.5. The van der Waals surface area contributed by atoms with Gasteiger partial charge in [0.15, 0.2) is 11.3 Å². The first-order valence-corrected chi connectivity index (χ1v) is 6.77. The van der Waals surface area contributed by atoms with Crippen molar-refractivity contribution in [1.29, 1.82) is 0 Å². The van der Waals surface area contributed by atoms with Crippen LogP contribution >= 0.6 is 0 Å². The lowest BCUT2D eigenvalue weighted by Gasteiger charge is -2.12. The summed E-state index contributed by atoms with van der Waals surface area (Å²) in [5.41, 5.74) is 0.861. The van der Waals surface area contributed by atoms with Crippen LogP contribution < -0.4 is 10.3 Å². The van der Waals surface area contributed by atoms with Crippen LogP contribution in [0.1, 0.15) is 10.4 Å². The fourth-order valence-electron chi connectivity index (χ4n) is 2.44. The maximum absolute atomic E-state index is 12.4. The van der Waals surface area contributed by atoms with Gasteiger partial charge < -0.3 is 14.1 Å². The number of carbonyl (C=O) groups is 1. The van der Waals surface area contributed by atoms with E-state index in [0.717, 1.165) is 10.8 Å². The Balaban J connectivity index is 2.32. The quantitative estimate of drug-likeness (QED) is 0.537. The molecule has 0 N–H and O–H groups in total. The standard InChI is InChI=1S/C17H15NO4/c1-18(2)15-9-13(19)16-12-6-4-11(17(20)21-3)8-10(12)5-7-14(16)22-15/h4-9H,1-3H3. The van der Waals surface area contributed by atoms with Crippen LogP contribution in [0.15, 0.2) is 45.6 Å². The highest BCUT2D eigenvalue weighted by Crippen LogP contribution is 2.26. The van der Waals surface area contributed by atoms with Crippen molar-refractivity contribution in [1.82, 2.24) is 0 Å². The molecule has 0 aliphatic heterocycles. The van der Waals surface area contributed by atoms with Crippen LogP contribution in [-0.2, 0) is 4.74 Å². The van der Waals surface area contributed by atoms with E-state index in [1.807, 2.05) is 20.2 Å². The van der Waals surface area contributed by atoms with Crippen molar-refractivity contribution in [3.63, 3.8) is 0 Å². The molecule has 0 saturated carbocycles. The van der Waals surface area contributed by atoms with Gasteiger partial charge in [-0.3, -0.25) is 4.79 Å². The molecule has 1 heterocycles. The second-order valence-corrected chi connectivity index (χ2v) is 5.21. The fraction of sp³-hybridized carbons (Fsp3) is 0.176. The summed E-state index contributed by atoms with van der Waals surface area (Å²) in [6.45, 7) is 0. The Hall–Kier alpha value is -2.82. The lowest BCUT2D eigenvalue weighted by Crippen LogP contribution is -2.12. The van der Waals surface area contributed by atoms with Crippen molar-refractivity contribution in [2.75, 3.05) is 26.1 Å². The fourth-order valence-corrected chi connectivity index (χ4v) is 2.44. The van der Waals surface area contributed by atoms with Gasteiger partial charge in [-0.25, -0.2) is 4.79 Å². The molecule has 0 bridgehead atoms. The van der Waals surface area contributed by atoms with Gasteiger partial charge in [0, 0.05) is 20.2 Å². The van der Waals surface area contributed by atoms with Crippen molar-refractivity contribution in [3.8, 4) is 0 Å². The Morgan fingerprint density at radius 3 is 2.59 bits per heavy atom. The number of hydrogen-bond donors (Lipinski definition) is 0. The molecule has 22 heavy (non-hydrogen) atoms. The van der Waals surface area contributed by atoms with Gasteiger partial charge in [-0.15, -0.1) is 0 Å². The number of methoxy groups -OCH3 is 1. The van der Waals surface area contributed by atoms with Gasteiger partial charge >= 0.3 is 5.97 Å². The van der Waals surface area contributed by atoms with E-state index >= 15 is 0 Å². The average molecular weight is 297 g/mol. The lowest BCUT2D eigenvalue weighted by molar-refractivity contribution is 0.0601. The summed E-state index contributed by atoms with van der Waals surface area (Å²) < 4.78 is 10.5. The Morgan fingerprint density at radius 2 is 1.91 bits per heavy atom. The van der Waals surface area contributed by atoms with Crippen molar-refractivity contribution in [2.45, 2.75) is 0 Å². The van der Waals surface area contributed by atoms with Gasteiger partial charge in [-0.1, -0.05) is 12.1 Å². The van der Waals surface area contributed by atoms with Crippen molar-refractivity contribution >= 4 is 33.6 Å². The number of nitrogens with zero attached hydrogens (tertiary/aromatic N) is 1. The van der Waals surface area contributed by atoms with Crippen LogP contribution in [0.25, 0.3) is 21.7 Å². The molecular weight excluding hydrogens is 282 g/mol. The maximum atomic E-state index is 12.4. The Bertz CT molecular complexity index is 940. The van der Waals surface area contributed by atoms with Gasteiger partial charge in [0.05, 0.1) is 18.1 Å². The number of carbonyl (C=O) groups excluding carboxylic acids is 1. The van der Waals surface area contributed by atoms with Crippen molar-refractivity contribution in [2.24, 2.45) is 0 Å². The molecule has 0 unspecified atom stereocenters. The summed E-state index contributed by atoms with van der Waals surface area (Å²) in [6, 6.07) is 10.1. The molecule has 0 aliphatic carbocycles. The van der Waals surface area contributed by atoms with Crippen molar-refractivity contribution in [3.05, 3.63) is 52.2 Å². The first kappa shape index (κ1) is 14.1. The zero-order chi connectivity index (χ0) is 15.9. The van der Waals surface area contributed by atoms with Gasteiger partial charge in [-0.05, 0) is 29.0 Å². The average Bonchev–Trinajstić information content (AvgIpc) is 2.52. The molecule has 112 valence electrons. The summed E-state index contributed by atoms with van der Waals surface area (Å²) in [6.07, 6.45) is 0. The molecule has 0 saturated heterocycles. The van der Waals surface area contributed by atoms with Gasteiger partial charge in [0.2, 0.25) is 0 Å². The molecule has 3 aromatic rings. The highest BCUT2D eigenvalue weighted by molar-refractivity contribution is 6.07. The number of esters is 1. The van der Waals surface area contributed by atoms with Crippen LogP contribution in [-0.4, -0.2) is 27.2 Å². The van der Waals surface area contributed by atoms with Crippen LogP contribution in [0.4, 0.5) is 5.88 Å². The minimum absolute atomic E-state index is 0.110. The SMILES string of the molecule is COC(=O)c1ccc2c(ccc3oc(N(C)C)cc(=O)c32)c1. The van der Waals surface area contributed by atoms with Crippen LogP contribution in [0.2, 0.25) is 0 Å². The van der Waals surface area contributed by atoms with E-state index in [2.05, 4.69) is 0 Å². The Morgan fingerprint density at radius 1 is 1.14 bits per heavy atom. The van der Waals surface area contributed by atoms with E-state index in [1.165, 1.54) is 13.2 Å². The zero-order valence-corrected chi connectivity index (χ0v) is 12.5. The largest absolute Gasteiger partial charge is 0.465 e. The predicted molar refractivity (Wildman–Crippen MR) is 85.7 cm³/mol. The van der Waals surface area contributed by atoms with Crippen molar-refractivity contribution < 1.29 is 13.9 Å². The maximum Gasteiger partial charge on any atom is 0.337 e. The molecule has 0 atom stereocenters. The molecule has 1 aromatic heterocycles. The highest BCUT2D eigenvalue weighted by Gasteiger charge is 2.12. The third kappa shape index (κ3) is 2.20. The molecule has 2 aromatic carbocycles. The Kier molecular flexibility index (Phi) is 3.33. The Labute approximate surface area is 126 Å². The van der Waals surface area contributed by atoms with E-state index in [1.54, 1.807) is 29.2 Å². The molecule has 0 aliphatic rings. The van der Waals surface area contributed by atoms with Crippen LogP contribution in [0.3, 0.4) is 0 Å². The molecule has 5 nitrogen and oxygen atoms in total. The smallest absolute Gasteiger partial charge is 0.337 e. The lowest BCUT2D eigenvalue weighted by atomic mass is 10.0. The molecule has 3 rings (SSSR count). The summed E-state index contributed by atoms with van der Waals surface area (Å²) in [5, 5.41) is 2.06. The van der Waals surface area contributed by atoms with Gasteiger partial charge in [0.25, 0.3) is 0 Å². The molecule has 0 radical (unpaired) electrons. The number of hydrogen-bond acceptors (Lipinski definition) is 5. The van der Waals surface area contributed by atoms with E-state index < -0.39 is 5.97 Å². The first-order valence-electron chi connectivity index (χ1n) is 6.77.